The zero-order valence-corrected chi connectivity index (χ0v) is 21.7. The molecule has 2 aromatic heterocycles. The lowest BCUT2D eigenvalue weighted by atomic mass is 9.96. The highest BCUT2D eigenvalue weighted by molar-refractivity contribution is 9.10. The van der Waals surface area contributed by atoms with Crippen molar-refractivity contribution in [2.24, 2.45) is 0 Å². The molecule has 5 nitrogen and oxygen atoms in total. The summed E-state index contributed by atoms with van der Waals surface area (Å²) in [5.74, 6) is 0.112. The highest BCUT2D eigenvalue weighted by Crippen LogP contribution is 2.46. The van der Waals surface area contributed by atoms with E-state index in [9.17, 15) is 5.11 Å². The minimum atomic E-state index is -0.251. The van der Waals surface area contributed by atoms with Crippen LogP contribution in [0.3, 0.4) is 0 Å². The molecule has 2 N–H and O–H groups in total. The smallest absolute Gasteiger partial charge is 0.174 e. The number of aryl methyl sites for hydroxylation is 1. The van der Waals surface area contributed by atoms with Gasteiger partial charge in [0.25, 0.3) is 0 Å². The van der Waals surface area contributed by atoms with Crippen LogP contribution >= 0.6 is 39.7 Å². The molecule has 0 bridgehead atoms. The van der Waals surface area contributed by atoms with E-state index >= 15 is 0 Å². The first-order valence-corrected chi connectivity index (χ1v) is 12.4. The lowest BCUT2D eigenvalue weighted by Crippen LogP contribution is -2.29. The number of anilines is 1. The summed E-state index contributed by atoms with van der Waals surface area (Å²) in [4.78, 5) is 6.56. The molecular weight excluding hydrogens is 532 g/mol. The fourth-order valence-corrected chi connectivity index (χ4v) is 5.61. The van der Waals surface area contributed by atoms with Gasteiger partial charge in [0, 0.05) is 32.8 Å². The molecule has 4 aromatic rings. The average molecular weight is 554 g/mol. The number of rotatable bonds is 4. The Labute approximate surface area is 217 Å². The van der Waals surface area contributed by atoms with Crippen LogP contribution in [0.2, 0.25) is 5.02 Å². The molecule has 0 amide bonds. The average Bonchev–Trinajstić information content (AvgIpc) is 3.31. The predicted octanol–water partition coefficient (Wildman–Crippen LogP) is 6.79. The third-order valence-corrected chi connectivity index (χ3v) is 7.19. The standard InChI is InChI=1S/C26H22BrClN4OS/c1-15-12-20(16(2)31(15)19-7-5-6-17(27)13-19)25-24(21-8-3-4-11-29-21)30-26(34)32(25)22-14-18(28)9-10-23(22)33/h3-14,24-25,33H,1-2H3,(H,30,34)/t24-,25-/m1/s1. The van der Waals surface area contributed by atoms with Crippen molar-refractivity contribution >= 4 is 50.5 Å². The predicted molar refractivity (Wildman–Crippen MR) is 144 cm³/mol. The van der Waals surface area contributed by atoms with Crippen molar-refractivity contribution in [3.8, 4) is 11.4 Å². The topological polar surface area (TPSA) is 53.3 Å². The number of halogens is 2. The van der Waals surface area contributed by atoms with Gasteiger partial charge in [-0.3, -0.25) is 4.98 Å². The Morgan fingerprint density at radius 2 is 1.88 bits per heavy atom. The van der Waals surface area contributed by atoms with E-state index in [-0.39, 0.29) is 17.8 Å². The van der Waals surface area contributed by atoms with E-state index in [0.29, 0.717) is 15.8 Å². The number of aromatic nitrogens is 2. The molecule has 2 aromatic carbocycles. The molecule has 0 saturated carbocycles. The number of pyridine rings is 1. The number of benzene rings is 2. The van der Waals surface area contributed by atoms with E-state index in [4.69, 9.17) is 23.8 Å². The molecule has 1 fully saturated rings. The zero-order valence-electron chi connectivity index (χ0n) is 18.5. The second-order valence-electron chi connectivity index (χ2n) is 8.27. The molecule has 1 saturated heterocycles. The van der Waals surface area contributed by atoms with E-state index in [0.717, 1.165) is 32.8 Å². The van der Waals surface area contributed by atoms with Gasteiger partial charge in [0.15, 0.2) is 5.11 Å². The number of phenolic OH excluding ortho intramolecular Hbond substituents is 1. The first kappa shape index (κ1) is 22.9. The van der Waals surface area contributed by atoms with Crippen molar-refractivity contribution < 1.29 is 5.11 Å². The van der Waals surface area contributed by atoms with E-state index in [1.165, 1.54) is 0 Å². The van der Waals surface area contributed by atoms with Crippen LogP contribution in [0.15, 0.2) is 77.4 Å². The van der Waals surface area contributed by atoms with Gasteiger partial charge in [0.1, 0.15) is 5.75 Å². The fourth-order valence-electron chi connectivity index (χ4n) is 4.72. The number of thiocarbonyl (C=S) groups is 1. The number of phenols is 1. The number of hydrogen-bond donors (Lipinski definition) is 2. The van der Waals surface area contributed by atoms with Crippen molar-refractivity contribution in [1.82, 2.24) is 14.9 Å². The lowest BCUT2D eigenvalue weighted by Gasteiger charge is -2.28. The van der Waals surface area contributed by atoms with Crippen LogP contribution in [0.25, 0.3) is 5.69 Å². The maximum Gasteiger partial charge on any atom is 0.174 e. The summed E-state index contributed by atoms with van der Waals surface area (Å²) in [5, 5.41) is 15.2. The Hall–Kier alpha value is -2.87. The van der Waals surface area contributed by atoms with E-state index in [2.05, 4.69) is 62.8 Å². The quantitative estimate of drug-likeness (QED) is 0.273. The molecule has 5 rings (SSSR count). The van der Waals surface area contributed by atoms with Crippen LogP contribution in [0.1, 0.15) is 34.7 Å². The van der Waals surface area contributed by atoms with Gasteiger partial charge in [-0.15, -0.1) is 0 Å². The van der Waals surface area contributed by atoms with E-state index in [1.54, 1.807) is 24.4 Å². The fraction of sp³-hybridized carbons (Fsp3) is 0.154. The van der Waals surface area contributed by atoms with Crippen LogP contribution in [-0.2, 0) is 0 Å². The second kappa shape index (κ2) is 9.06. The van der Waals surface area contributed by atoms with Crippen LogP contribution < -0.4 is 10.2 Å². The monoisotopic (exact) mass is 552 g/mol. The van der Waals surface area contributed by atoms with Gasteiger partial charge >= 0.3 is 0 Å². The van der Waals surface area contributed by atoms with Gasteiger partial charge in [-0.05, 0) is 86.2 Å². The van der Waals surface area contributed by atoms with Crippen LogP contribution in [0.4, 0.5) is 5.69 Å². The molecule has 172 valence electrons. The Balaban J connectivity index is 1.71. The summed E-state index contributed by atoms with van der Waals surface area (Å²) in [5.41, 5.74) is 5.75. The first-order valence-electron chi connectivity index (χ1n) is 10.8. The summed E-state index contributed by atoms with van der Waals surface area (Å²) in [6.07, 6.45) is 1.78. The third kappa shape index (κ3) is 3.98. The molecule has 2 atom stereocenters. The number of nitrogens with one attached hydrogen (secondary N) is 1. The SMILES string of the molecule is Cc1cc([C@@H]2[C@@H](c3ccccn3)NC(=S)N2c2cc(Cl)ccc2O)c(C)n1-c1cccc(Br)c1. The van der Waals surface area contributed by atoms with Crippen LogP contribution in [0, 0.1) is 13.8 Å². The molecule has 0 aliphatic carbocycles. The summed E-state index contributed by atoms with van der Waals surface area (Å²) < 4.78 is 3.24. The minimum absolute atomic E-state index is 0.112. The van der Waals surface area contributed by atoms with Crippen LogP contribution in [0.5, 0.6) is 5.75 Å². The van der Waals surface area contributed by atoms with Gasteiger partial charge in [0.2, 0.25) is 0 Å². The Kier molecular flexibility index (Phi) is 6.10. The third-order valence-electron chi connectivity index (χ3n) is 6.15. The summed E-state index contributed by atoms with van der Waals surface area (Å²) in [6, 6.07) is 20.8. The molecule has 0 spiro atoms. The highest BCUT2D eigenvalue weighted by Gasteiger charge is 2.43. The molecule has 34 heavy (non-hydrogen) atoms. The lowest BCUT2D eigenvalue weighted by molar-refractivity contribution is 0.472. The van der Waals surface area contributed by atoms with Crippen molar-refractivity contribution in [2.75, 3.05) is 4.90 Å². The molecule has 0 unspecified atom stereocenters. The van der Waals surface area contributed by atoms with Crippen molar-refractivity contribution in [1.29, 1.82) is 0 Å². The maximum absolute atomic E-state index is 10.8. The van der Waals surface area contributed by atoms with Gasteiger partial charge in [-0.25, -0.2) is 0 Å². The Bertz CT molecular complexity index is 1390. The van der Waals surface area contributed by atoms with Gasteiger partial charge in [-0.1, -0.05) is 39.7 Å². The Morgan fingerprint density at radius 1 is 1.06 bits per heavy atom. The van der Waals surface area contributed by atoms with Gasteiger partial charge < -0.3 is 19.9 Å². The van der Waals surface area contributed by atoms with Crippen molar-refractivity contribution in [3.05, 3.63) is 105 Å². The molecule has 0 radical (unpaired) electrons. The van der Waals surface area contributed by atoms with Crippen molar-refractivity contribution in [3.63, 3.8) is 0 Å². The normalized spacial score (nSPS) is 17.8. The summed E-state index contributed by atoms with van der Waals surface area (Å²) in [6.45, 7) is 4.20. The highest BCUT2D eigenvalue weighted by atomic mass is 79.9. The van der Waals surface area contributed by atoms with E-state index < -0.39 is 0 Å². The van der Waals surface area contributed by atoms with Crippen molar-refractivity contribution in [2.45, 2.75) is 25.9 Å². The van der Waals surface area contributed by atoms with Gasteiger partial charge in [-0.2, -0.15) is 0 Å². The summed E-state index contributed by atoms with van der Waals surface area (Å²) >= 11 is 15.7. The van der Waals surface area contributed by atoms with Gasteiger partial charge in [0.05, 0.1) is 23.5 Å². The number of aromatic hydroxyl groups is 1. The van der Waals surface area contributed by atoms with Crippen LogP contribution in [-0.4, -0.2) is 19.8 Å². The summed E-state index contributed by atoms with van der Waals surface area (Å²) in [7, 11) is 0. The first-order chi connectivity index (χ1) is 16.3. The maximum atomic E-state index is 10.8. The number of hydrogen-bond acceptors (Lipinski definition) is 3. The number of nitrogens with zero attached hydrogens (tertiary/aromatic N) is 3. The molecule has 3 heterocycles. The molecule has 8 heteroatoms. The largest absolute Gasteiger partial charge is 0.506 e. The molecule has 1 aliphatic rings. The molecule has 1 aliphatic heterocycles. The minimum Gasteiger partial charge on any atom is -0.506 e. The second-order valence-corrected chi connectivity index (χ2v) is 10.0. The zero-order chi connectivity index (χ0) is 24.0. The molecular formula is C26H22BrClN4OS. The van der Waals surface area contributed by atoms with E-state index in [1.807, 2.05) is 35.2 Å². The Morgan fingerprint density at radius 3 is 2.62 bits per heavy atom.